The summed E-state index contributed by atoms with van der Waals surface area (Å²) in [5.74, 6) is 0.737. The molecule has 1 atom stereocenters. The molecule has 0 saturated heterocycles. The fourth-order valence-corrected chi connectivity index (χ4v) is 7.16. The molecule has 0 aromatic heterocycles. The molecule has 35 heavy (non-hydrogen) atoms. The van der Waals surface area contributed by atoms with Gasteiger partial charge in [0.2, 0.25) is 10.0 Å². The topological polar surface area (TPSA) is 103 Å². The zero-order valence-electron chi connectivity index (χ0n) is 20.5. The van der Waals surface area contributed by atoms with Crippen molar-refractivity contribution in [2.45, 2.75) is 43.4 Å². The predicted molar refractivity (Wildman–Crippen MR) is 140 cm³/mol. The lowest BCUT2D eigenvalue weighted by Crippen LogP contribution is -2.40. The zero-order valence-corrected chi connectivity index (χ0v) is 22.8. The number of ether oxygens (including phenoxy) is 3. The summed E-state index contributed by atoms with van der Waals surface area (Å²) >= 11 is 12.8. The number of likely N-dealkylation sites (N-methyl/N-ethyl adjacent to an activating group) is 1. The largest absolute Gasteiger partial charge is 0.378 e. The van der Waals surface area contributed by atoms with E-state index in [4.69, 9.17) is 43.1 Å². The van der Waals surface area contributed by atoms with Gasteiger partial charge in [-0.05, 0) is 67.8 Å². The molecule has 1 unspecified atom stereocenters. The molecule has 1 aromatic rings. The third-order valence-corrected chi connectivity index (χ3v) is 9.32. The lowest BCUT2D eigenvalue weighted by atomic mass is 9.74. The van der Waals surface area contributed by atoms with Crippen molar-refractivity contribution >= 4 is 33.2 Å². The van der Waals surface area contributed by atoms with E-state index < -0.39 is 10.0 Å². The van der Waals surface area contributed by atoms with Crippen molar-refractivity contribution in [3.63, 3.8) is 0 Å². The highest BCUT2D eigenvalue weighted by Gasteiger charge is 2.37. The second-order valence-corrected chi connectivity index (χ2v) is 12.2. The maximum absolute atomic E-state index is 12.8. The molecule has 3 rings (SSSR count). The van der Waals surface area contributed by atoms with Crippen LogP contribution in [-0.2, 0) is 30.8 Å². The third-order valence-electron chi connectivity index (χ3n) is 6.81. The highest BCUT2D eigenvalue weighted by Crippen LogP contribution is 2.43. The van der Waals surface area contributed by atoms with Crippen molar-refractivity contribution < 1.29 is 22.6 Å². The Morgan fingerprint density at radius 2 is 1.63 bits per heavy atom. The van der Waals surface area contributed by atoms with E-state index in [1.54, 1.807) is 0 Å². The number of hydrogen-bond acceptors (Lipinski definition) is 7. The number of hydrogen-bond donors (Lipinski definition) is 2. The summed E-state index contributed by atoms with van der Waals surface area (Å²) in [6.45, 7) is 5.20. The summed E-state index contributed by atoms with van der Waals surface area (Å²) < 4.78 is 44.4. The molecule has 1 aliphatic heterocycles. The van der Waals surface area contributed by atoms with E-state index in [9.17, 15) is 8.42 Å². The van der Waals surface area contributed by atoms with Crippen LogP contribution < -0.4 is 10.5 Å². The van der Waals surface area contributed by atoms with Gasteiger partial charge in [-0.2, -0.15) is 0 Å². The van der Waals surface area contributed by atoms with Crippen LogP contribution >= 0.6 is 23.2 Å². The van der Waals surface area contributed by atoms with Crippen LogP contribution in [0.1, 0.15) is 42.7 Å². The molecular weight excluding hydrogens is 513 g/mol. The Morgan fingerprint density at radius 1 is 1.00 bits per heavy atom. The second-order valence-electron chi connectivity index (χ2n) is 9.36. The number of nitrogens with two attached hydrogens (primary N) is 1. The van der Waals surface area contributed by atoms with Gasteiger partial charge in [0, 0.05) is 36.2 Å². The molecule has 11 heteroatoms. The minimum atomic E-state index is -3.37. The van der Waals surface area contributed by atoms with Crippen LogP contribution in [0.4, 0.5) is 0 Å². The fraction of sp³-hybridized carbons (Fsp3) is 0.750. The Morgan fingerprint density at radius 3 is 2.29 bits per heavy atom. The first kappa shape index (κ1) is 29.1. The predicted octanol–water partition coefficient (Wildman–Crippen LogP) is 3.01. The summed E-state index contributed by atoms with van der Waals surface area (Å²) in [5.41, 5.74) is 7.72. The van der Waals surface area contributed by atoms with Gasteiger partial charge < -0.3 is 24.8 Å². The summed E-state index contributed by atoms with van der Waals surface area (Å²) in [5, 5.41) is 1.02. The molecule has 1 fully saturated rings. The van der Waals surface area contributed by atoms with E-state index in [0.29, 0.717) is 75.9 Å². The Hall–Kier alpha value is -0.490. The highest BCUT2D eigenvalue weighted by atomic mass is 35.5. The van der Waals surface area contributed by atoms with Gasteiger partial charge in [-0.3, -0.25) is 0 Å². The van der Waals surface area contributed by atoms with Crippen LogP contribution in [-0.4, -0.2) is 84.9 Å². The molecule has 0 amide bonds. The maximum atomic E-state index is 12.8. The van der Waals surface area contributed by atoms with Crippen LogP contribution in [0.2, 0.25) is 10.0 Å². The number of nitrogens with one attached hydrogen (secondary N) is 1. The van der Waals surface area contributed by atoms with Gasteiger partial charge in [-0.25, -0.2) is 13.1 Å². The standard InChI is InChI=1S/C24H39Cl2N3O5S/c1-29-16-22(21-14-19(25)15-24(26)23(21)17-29)18-2-4-20(5-3-18)35(30,31)28-7-9-33-11-13-34-12-10-32-8-6-27/h14-15,18,20,22,28H,2-13,16-17,27H2,1H3. The molecular formula is C24H39Cl2N3O5S. The average Bonchev–Trinajstić information content (AvgIpc) is 2.83. The Labute approximate surface area is 219 Å². The fourth-order valence-electron chi connectivity index (χ4n) is 5.09. The Kier molecular flexibility index (Phi) is 12.0. The minimum Gasteiger partial charge on any atom is -0.378 e. The van der Waals surface area contributed by atoms with E-state index in [0.717, 1.165) is 36.5 Å². The average molecular weight is 553 g/mol. The van der Waals surface area contributed by atoms with Gasteiger partial charge >= 0.3 is 0 Å². The van der Waals surface area contributed by atoms with Crippen molar-refractivity contribution in [3.05, 3.63) is 33.3 Å². The van der Waals surface area contributed by atoms with Crippen molar-refractivity contribution in [3.8, 4) is 0 Å². The maximum Gasteiger partial charge on any atom is 0.214 e. The van der Waals surface area contributed by atoms with Crippen molar-refractivity contribution in [1.82, 2.24) is 9.62 Å². The van der Waals surface area contributed by atoms with Gasteiger partial charge in [0.25, 0.3) is 0 Å². The minimum absolute atomic E-state index is 0.264. The quantitative estimate of drug-likeness (QED) is 0.342. The Bertz CT molecular complexity index is 897. The highest BCUT2D eigenvalue weighted by molar-refractivity contribution is 7.90. The first-order valence-corrected chi connectivity index (χ1v) is 14.7. The van der Waals surface area contributed by atoms with E-state index in [-0.39, 0.29) is 11.8 Å². The second kappa shape index (κ2) is 14.4. The van der Waals surface area contributed by atoms with Gasteiger partial charge in [0.1, 0.15) is 0 Å². The number of halogens is 2. The summed E-state index contributed by atoms with van der Waals surface area (Å²) in [6.07, 6.45) is 3.06. The van der Waals surface area contributed by atoms with Gasteiger partial charge in [-0.15, -0.1) is 0 Å². The molecule has 200 valence electrons. The van der Waals surface area contributed by atoms with Crippen LogP contribution in [0.3, 0.4) is 0 Å². The van der Waals surface area contributed by atoms with E-state index >= 15 is 0 Å². The smallest absolute Gasteiger partial charge is 0.214 e. The van der Waals surface area contributed by atoms with Crippen LogP contribution in [0.5, 0.6) is 0 Å². The number of fused-ring (bicyclic) bond motifs is 1. The first-order chi connectivity index (χ1) is 16.8. The zero-order chi connectivity index (χ0) is 25.3. The number of sulfonamides is 1. The first-order valence-electron chi connectivity index (χ1n) is 12.4. The molecule has 1 saturated carbocycles. The number of nitrogens with zero attached hydrogens (tertiary/aromatic N) is 1. The van der Waals surface area contributed by atoms with Crippen LogP contribution in [0.25, 0.3) is 0 Å². The van der Waals surface area contributed by atoms with Gasteiger partial charge in [-0.1, -0.05) is 23.2 Å². The molecule has 1 aliphatic carbocycles. The molecule has 0 radical (unpaired) electrons. The van der Waals surface area contributed by atoms with Crippen molar-refractivity contribution in [2.75, 3.05) is 66.3 Å². The van der Waals surface area contributed by atoms with E-state index in [1.165, 1.54) is 5.56 Å². The van der Waals surface area contributed by atoms with Crippen LogP contribution in [0.15, 0.2) is 12.1 Å². The monoisotopic (exact) mass is 551 g/mol. The molecule has 2 aliphatic rings. The van der Waals surface area contributed by atoms with E-state index in [2.05, 4.69) is 16.7 Å². The van der Waals surface area contributed by atoms with Crippen LogP contribution in [0, 0.1) is 5.92 Å². The van der Waals surface area contributed by atoms with Crippen molar-refractivity contribution in [1.29, 1.82) is 0 Å². The molecule has 8 nitrogen and oxygen atoms in total. The molecule has 1 heterocycles. The summed E-state index contributed by atoms with van der Waals surface area (Å²) in [7, 11) is -1.27. The normalized spacial score (nSPS) is 23.4. The molecule has 3 N–H and O–H groups in total. The molecule has 0 bridgehead atoms. The molecule has 0 spiro atoms. The lowest BCUT2D eigenvalue weighted by Gasteiger charge is -2.40. The van der Waals surface area contributed by atoms with Gasteiger partial charge in [0.05, 0.1) is 44.9 Å². The SMILES string of the molecule is CN1Cc2c(Cl)cc(Cl)cc2C(C2CCC(S(=O)(=O)NCCOCCOCCOCCN)CC2)C1. The summed E-state index contributed by atoms with van der Waals surface area (Å²) in [6, 6.07) is 3.86. The third kappa shape index (κ3) is 8.79. The van der Waals surface area contributed by atoms with Gasteiger partial charge in [0.15, 0.2) is 0 Å². The van der Waals surface area contributed by atoms with E-state index in [1.807, 2.05) is 12.1 Å². The number of rotatable bonds is 14. The lowest BCUT2D eigenvalue weighted by molar-refractivity contribution is 0.0171. The number of benzene rings is 1. The molecule has 1 aromatic carbocycles. The van der Waals surface area contributed by atoms with Crippen molar-refractivity contribution in [2.24, 2.45) is 11.7 Å². The Balaban J connectivity index is 1.38. The summed E-state index contributed by atoms with van der Waals surface area (Å²) in [4.78, 5) is 2.29.